The summed E-state index contributed by atoms with van der Waals surface area (Å²) in [6, 6.07) is 8.94. The van der Waals surface area contributed by atoms with Crippen molar-refractivity contribution in [2.24, 2.45) is 20.0 Å². The summed E-state index contributed by atoms with van der Waals surface area (Å²) in [6.07, 6.45) is 4.23. The van der Waals surface area contributed by atoms with Gasteiger partial charge >= 0.3 is 0 Å². The number of likely N-dealkylation sites (tertiary alicyclic amines) is 1. The number of halogens is 2. The monoisotopic (exact) mass is 552 g/mol. The van der Waals surface area contributed by atoms with E-state index >= 15 is 0 Å². The predicted molar refractivity (Wildman–Crippen MR) is 133 cm³/mol. The number of piperidine rings is 1. The summed E-state index contributed by atoms with van der Waals surface area (Å²) in [5.74, 6) is 2.61. The smallest absolute Gasteiger partial charge is 0.290 e. The van der Waals surface area contributed by atoms with E-state index in [-0.39, 0.29) is 6.47 Å². The minimum absolute atomic E-state index is 0.250. The quantitative estimate of drug-likeness (QED) is 0.268. The highest BCUT2D eigenvalue weighted by molar-refractivity contribution is 9.10. The molecule has 1 N–H and O–H groups in total. The number of hydrogen-bond acceptors (Lipinski definition) is 6. The molecule has 0 amide bonds. The fourth-order valence-corrected chi connectivity index (χ4v) is 5.96. The van der Waals surface area contributed by atoms with E-state index in [9.17, 15) is 0 Å². The summed E-state index contributed by atoms with van der Waals surface area (Å²) < 4.78 is 4.80. The third-order valence-corrected chi connectivity index (χ3v) is 8.51. The number of thioether (sulfide) groups is 1. The highest BCUT2D eigenvalue weighted by Gasteiger charge is 2.60. The van der Waals surface area contributed by atoms with Crippen molar-refractivity contribution in [3.05, 3.63) is 45.7 Å². The highest BCUT2D eigenvalue weighted by atomic mass is 79.9. The van der Waals surface area contributed by atoms with Gasteiger partial charge in [-0.2, -0.15) is 5.10 Å². The lowest BCUT2D eigenvalue weighted by atomic mass is 9.95. The summed E-state index contributed by atoms with van der Waals surface area (Å²) in [4.78, 5) is 11.0. The Labute approximate surface area is 210 Å². The van der Waals surface area contributed by atoms with Crippen LogP contribution in [0.4, 0.5) is 0 Å². The number of carboxylic acid groups (broad SMARTS) is 1. The Morgan fingerprint density at radius 1 is 1.30 bits per heavy atom. The minimum atomic E-state index is -0.250. The van der Waals surface area contributed by atoms with Crippen molar-refractivity contribution in [2.75, 3.05) is 25.4 Å². The van der Waals surface area contributed by atoms with Gasteiger partial charge in [-0.25, -0.2) is 0 Å². The molecular formula is C22H26BrClN6O2S. The average molecular weight is 554 g/mol. The number of rotatable bonds is 7. The number of fused-ring (bicyclic) bond motifs is 1. The second kappa shape index (κ2) is 10.2. The van der Waals surface area contributed by atoms with Crippen molar-refractivity contribution in [1.29, 1.82) is 0 Å². The second-order valence-corrected chi connectivity index (χ2v) is 10.8. The van der Waals surface area contributed by atoms with Gasteiger partial charge in [0.15, 0.2) is 11.0 Å². The molecule has 11 heteroatoms. The first kappa shape index (κ1) is 24.3. The number of aryl methyl sites for hydroxylation is 1. The summed E-state index contributed by atoms with van der Waals surface area (Å²) in [5, 5.41) is 21.2. The number of benzene rings is 1. The van der Waals surface area contributed by atoms with Crippen molar-refractivity contribution < 1.29 is 9.90 Å². The van der Waals surface area contributed by atoms with E-state index < -0.39 is 0 Å². The van der Waals surface area contributed by atoms with Gasteiger partial charge in [-0.05, 0) is 43.0 Å². The Balaban J connectivity index is 0.000000821. The normalized spacial score (nSPS) is 21.4. The predicted octanol–water partition coefficient (Wildman–Crippen LogP) is 4.09. The zero-order valence-corrected chi connectivity index (χ0v) is 21.6. The Bertz CT molecular complexity index is 1120. The van der Waals surface area contributed by atoms with Gasteiger partial charge in [0.05, 0.1) is 11.8 Å². The molecule has 0 unspecified atom stereocenters. The van der Waals surface area contributed by atoms with Crippen molar-refractivity contribution in [2.45, 2.75) is 23.4 Å². The molecule has 1 aliphatic heterocycles. The zero-order chi connectivity index (χ0) is 23.6. The van der Waals surface area contributed by atoms with E-state index in [4.69, 9.17) is 21.5 Å². The first-order valence-electron chi connectivity index (χ1n) is 10.7. The maximum absolute atomic E-state index is 8.36. The number of carbonyl (C=O) groups is 1. The van der Waals surface area contributed by atoms with Crippen LogP contribution in [-0.2, 0) is 24.3 Å². The number of aromatic nitrogens is 5. The number of hydrogen-bond donors (Lipinski definition) is 1. The molecule has 2 aromatic heterocycles. The summed E-state index contributed by atoms with van der Waals surface area (Å²) in [7, 11) is 3.80. The molecule has 3 heterocycles. The SMILES string of the molecule is Cn1ncc(-c2nnc(SCCCN3C[C@@H]4C[C@]4(c4ccc(Br)cc4)C3)n2C)c1Cl.O=CO. The first-order valence-corrected chi connectivity index (χ1v) is 12.8. The van der Waals surface area contributed by atoms with E-state index in [2.05, 4.69) is 60.4 Å². The van der Waals surface area contributed by atoms with Gasteiger partial charge in [0.25, 0.3) is 6.47 Å². The Morgan fingerprint density at radius 2 is 2.03 bits per heavy atom. The molecule has 0 bridgehead atoms. The van der Waals surface area contributed by atoms with Crippen molar-refractivity contribution in [3.63, 3.8) is 0 Å². The van der Waals surface area contributed by atoms with Gasteiger partial charge in [-0.1, -0.05) is 51.4 Å². The van der Waals surface area contributed by atoms with Crippen LogP contribution in [0.2, 0.25) is 5.15 Å². The molecule has 1 aromatic carbocycles. The largest absolute Gasteiger partial charge is 0.483 e. The van der Waals surface area contributed by atoms with Crippen LogP contribution in [0.15, 0.2) is 40.1 Å². The molecule has 5 rings (SSSR count). The number of nitrogens with zero attached hydrogens (tertiary/aromatic N) is 6. The van der Waals surface area contributed by atoms with Crippen LogP contribution in [-0.4, -0.2) is 66.4 Å². The molecule has 8 nitrogen and oxygen atoms in total. The fourth-order valence-electron chi connectivity index (χ4n) is 4.69. The Kier molecular flexibility index (Phi) is 7.47. The van der Waals surface area contributed by atoms with E-state index in [1.165, 1.54) is 25.1 Å². The molecule has 3 aromatic rings. The molecule has 176 valence electrons. The maximum Gasteiger partial charge on any atom is 0.290 e. The molecule has 1 aliphatic carbocycles. The summed E-state index contributed by atoms with van der Waals surface area (Å²) in [6.45, 7) is 3.31. The lowest BCUT2D eigenvalue weighted by molar-refractivity contribution is -0.122. The molecule has 0 spiro atoms. The standard InChI is InChI=1S/C21H24BrClN6S.CH2O2/c1-27-19(17-11-24-28(2)18(17)23)25-26-20(27)30-9-3-8-29-12-15-10-21(15,13-29)14-4-6-16(22)7-5-14;2-1-3/h4-7,11,15H,3,8-10,12-13H2,1-2H3;1H,(H,2,3)/t15-,21+;/m0./s1. The molecule has 0 radical (unpaired) electrons. The highest BCUT2D eigenvalue weighted by Crippen LogP contribution is 2.59. The van der Waals surface area contributed by atoms with Crippen molar-refractivity contribution >= 4 is 45.8 Å². The van der Waals surface area contributed by atoms with E-state index in [0.29, 0.717) is 10.6 Å². The van der Waals surface area contributed by atoms with Crippen LogP contribution >= 0.6 is 39.3 Å². The van der Waals surface area contributed by atoms with Crippen LogP contribution in [0, 0.1) is 5.92 Å². The molecule has 2 aliphatic rings. The van der Waals surface area contributed by atoms with Gasteiger partial charge in [-0.3, -0.25) is 9.48 Å². The van der Waals surface area contributed by atoms with Gasteiger partial charge in [0.2, 0.25) is 0 Å². The van der Waals surface area contributed by atoms with Crippen molar-refractivity contribution in [1.82, 2.24) is 29.4 Å². The van der Waals surface area contributed by atoms with Crippen LogP contribution in [0.1, 0.15) is 18.4 Å². The third kappa shape index (κ3) is 4.99. The van der Waals surface area contributed by atoms with E-state index in [0.717, 1.165) is 45.7 Å². The lowest BCUT2D eigenvalue weighted by Crippen LogP contribution is -2.27. The Hall–Kier alpha value is -1.88. The zero-order valence-electron chi connectivity index (χ0n) is 18.5. The fraction of sp³-hybridized carbons (Fsp3) is 0.455. The third-order valence-electron chi connectivity index (χ3n) is 6.43. The van der Waals surface area contributed by atoms with Crippen LogP contribution in [0.5, 0.6) is 0 Å². The van der Waals surface area contributed by atoms with Gasteiger partial charge in [0.1, 0.15) is 5.15 Å². The average Bonchev–Trinajstić information content (AvgIpc) is 3.03. The van der Waals surface area contributed by atoms with Crippen LogP contribution < -0.4 is 0 Å². The minimum Gasteiger partial charge on any atom is -0.483 e. The van der Waals surface area contributed by atoms with Gasteiger partial charge < -0.3 is 14.6 Å². The Morgan fingerprint density at radius 3 is 2.70 bits per heavy atom. The maximum atomic E-state index is 8.36. The molecular weight excluding hydrogens is 528 g/mol. The van der Waals surface area contributed by atoms with Gasteiger partial charge in [-0.15, -0.1) is 10.2 Å². The summed E-state index contributed by atoms with van der Waals surface area (Å²) >= 11 is 11.6. The second-order valence-electron chi connectivity index (χ2n) is 8.44. The molecule has 2 fully saturated rings. The summed E-state index contributed by atoms with van der Waals surface area (Å²) in [5.41, 5.74) is 2.73. The molecule has 1 saturated heterocycles. The van der Waals surface area contributed by atoms with E-state index in [1.54, 1.807) is 22.6 Å². The van der Waals surface area contributed by atoms with Gasteiger partial charge in [0, 0.05) is 42.8 Å². The first-order chi connectivity index (χ1) is 15.9. The molecule has 33 heavy (non-hydrogen) atoms. The molecule has 2 atom stereocenters. The van der Waals surface area contributed by atoms with E-state index in [1.807, 2.05) is 18.7 Å². The van der Waals surface area contributed by atoms with Crippen LogP contribution in [0.25, 0.3) is 11.4 Å². The lowest BCUT2D eigenvalue weighted by Gasteiger charge is -2.21. The topological polar surface area (TPSA) is 89.1 Å². The van der Waals surface area contributed by atoms with Crippen molar-refractivity contribution in [3.8, 4) is 11.4 Å². The van der Waals surface area contributed by atoms with Crippen LogP contribution in [0.3, 0.4) is 0 Å². The molecule has 1 saturated carbocycles.